The van der Waals surface area contributed by atoms with Crippen molar-refractivity contribution in [2.75, 3.05) is 23.9 Å². The Morgan fingerprint density at radius 1 is 0.944 bits per heavy atom. The predicted molar refractivity (Wildman–Crippen MR) is 140 cm³/mol. The first-order chi connectivity index (χ1) is 17.4. The monoisotopic (exact) mass is 525 g/mol. The van der Waals surface area contributed by atoms with Crippen LogP contribution in [0.25, 0.3) is 0 Å². The van der Waals surface area contributed by atoms with E-state index >= 15 is 0 Å². The van der Waals surface area contributed by atoms with Gasteiger partial charge in [-0.25, -0.2) is 8.42 Å². The van der Waals surface area contributed by atoms with E-state index in [9.17, 15) is 13.2 Å². The van der Waals surface area contributed by atoms with Crippen LogP contribution in [0.3, 0.4) is 0 Å². The zero-order valence-corrected chi connectivity index (χ0v) is 21.3. The summed E-state index contributed by atoms with van der Waals surface area (Å²) in [5, 5.41) is 3.34. The number of likely N-dealkylation sites (tertiary alicyclic amines) is 1. The van der Waals surface area contributed by atoms with Crippen LogP contribution in [0.4, 0.5) is 5.69 Å². The quantitative estimate of drug-likeness (QED) is 0.500. The molecule has 0 unspecified atom stereocenters. The third-order valence-electron chi connectivity index (χ3n) is 6.52. The molecule has 1 saturated heterocycles. The Morgan fingerprint density at radius 3 is 2.33 bits per heavy atom. The molecule has 9 heteroatoms. The van der Waals surface area contributed by atoms with Gasteiger partial charge in [-0.3, -0.25) is 14.0 Å². The molecule has 0 aliphatic carbocycles. The average Bonchev–Trinajstić information content (AvgIpc) is 3.41. The van der Waals surface area contributed by atoms with E-state index in [2.05, 4.69) is 22.3 Å². The first-order valence-corrected chi connectivity index (χ1v) is 13.8. The largest absolute Gasteiger partial charge is 0.476 e. The van der Waals surface area contributed by atoms with E-state index in [1.807, 2.05) is 12.1 Å². The number of hydrogen-bond donors (Lipinski definition) is 1. The number of benzene rings is 3. The van der Waals surface area contributed by atoms with Crippen LogP contribution in [0, 0.1) is 0 Å². The lowest BCUT2D eigenvalue weighted by Gasteiger charge is -2.34. The van der Waals surface area contributed by atoms with E-state index in [1.165, 1.54) is 47.0 Å². The normalized spacial score (nSPS) is 17.9. The topological polar surface area (TPSA) is 79.0 Å². The Kier molecular flexibility index (Phi) is 7.18. The number of nitrogens with one attached hydrogen (secondary N) is 1. The molecule has 1 atom stereocenters. The number of carbonyl (C=O) groups is 1. The highest BCUT2D eigenvalue weighted by atomic mass is 35.5. The molecule has 0 spiro atoms. The van der Waals surface area contributed by atoms with Gasteiger partial charge in [-0.15, -0.1) is 0 Å². The summed E-state index contributed by atoms with van der Waals surface area (Å²) in [6.45, 7) is 3.43. The Balaban J connectivity index is 1.28. The van der Waals surface area contributed by atoms with Gasteiger partial charge >= 0.3 is 0 Å². The zero-order valence-electron chi connectivity index (χ0n) is 19.8. The number of halogens is 1. The minimum Gasteiger partial charge on any atom is -0.476 e. The molecular formula is C27H28ClN3O4S. The summed E-state index contributed by atoms with van der Waals surface area (Å²) in [5.41, 5.74) is 2.61. The lowest BCUT2D eigenvalue weighted by atomic mass is 10.1. The van der Waals surface area contributed by atoms with Crippen LogP contribution >= 0.6 is 11.6 Å². The lowest BCUT2D eigenvalue weighted by molar-refractivity contribution is -0.127. The van der Waals surface area contributed by atoms with Crippen molar-refractivity contribution in [3.8, 4) is 5.75 Å². The van der Waals surface area contributed by atoms with Crippen molar-refractivity contribution in [1.29, 1.82) is 0 Å². The van der Waals surface area contributed by atoms with Crippen molar-refractivity contribution < 1.29 is 17.9 Å². The maximum Gasteiger partial charge on any atom is 0.264 e. The van der Waals surface area contributed by atoms with Crippen molar-refractivity contribution in [2.24, 2.45) is 0 Å². The molecule has 3 aromatic carbocycles. The number of carbonyl (C=O) groups excluding carboxylic acids is 1. The third kappa shape index (κ3) is 5.36. The van der Waals surface area contributed by atoms with Crippen molar-refractivity contribution in [3.05, 3.63) is 88.9 Å². The van der Waals surface area contributed by atoms with Crippen molar-refractivity contribution in [3.63, 3.8) is 0 Å². The molecule has 2 heterocycles. The van der Waals surface area contributed by atoms with Gasteiger partial charge in [0.15, 0.2) is 6.10 Å². The van der Waals surface area contributed by atoms with Crippen molar-refractivity contribution >= 4 is 33.2 Å². The summed E-state index contributed by atoms with van der Waals surface area (Å²) in [5.74, 6) is -0.0327. The van der Waals surface area contributed by atoms with E-state index in [-0.39, 0.29) is 17.3 Å². The van der Waals surface area contributed by atoms with Crippen LogP contribution in [0.2, 0.25) is 5.02 Å². The summed E-state index contributed by atoms with van der Waals surface area (Å²) in [4.78, 5) is 15.6. The van der Waals surface area contributed by atoms with Crippen molar-refractivity contribution in [2.45, 2.75) is 36.9 Å². The number of hydrogen-bond acceptors (Lipinski definition) is 5. The number of sulfonamides is 1. The summed E-state index contributed by atoms with van der Waals surface area (Å²) in [6.07, 6.45) is 1.53. The maximum atomic E-state index is 13.5. The average molecular weight is 526 g/mol. The summed E-state index contributed by atoms with van der Waals surface area (Å²) >= 11 is 5.94. The van der Waals surface area contributed by atoms with Gasteiger partial charge in [0.25, 0.3) is 15.9 Å². The molecule has 5 rings (SSSR count). The smallest absolute Gasteiger partial charge is 0.264 e. The van der Waals surface area contributed by atoms with Crippen LogP contribution < -0.4 is 14.4 Å². The van der Waals surface area contributed by atoms with E-state index in [4.69, 9.17) is 16.3 Å². The fourth-order valence-corrected chi connectivity index (χ4v) is 6.17. The molecule has 1 amide bonds. The molecule has 0 bridgehead atoms. The molecule has 0 radical (unpaired) electrons. The number of para-hydroxylation sites is 2. The predicted octanol–water partition coefficient (Wildman–Crippen LogP) is 4.21. The molecule has 0 aromatic heterocycles. The second-order valence-electron chi connectivity index (χ2n) is 9.08. The number of nitrogens with zero attached hydrogens (tertiary/aromatic N) is 2. The highest BCUT2D eigenvalue weighted by molar-refractivity contribution is 7.92. The number of amides is 1. The van der Waals surface area contributed by atoms with Gasteiger partial charge in [0.1, 0.15) is 5.75 Å². The molecule has 188 valence electrons. The summed E-state index contributed by atoms with van der Waals surface area (Å²) in [7, 11) is -3.93. The standard InChI is InChI=1S/C27H28ClN3O4S/c28-22-11-13-23(14-12-22)36(33,34)31-19-26(35-25-6-2-1-5-24(25)31)27(32)29-17-20-7-9-21(10-8-20)18-30-15-3-4-16-30/h1-2,5-14,26H,3-4,15-19H2,(H,29,32)/t26-/m0/s1. The first-order valence-electron chi connectivity index (χ1n) is 12.0. The van der Waals surface area contributed by atoms with Gasteiger partial charge in [-0.2, -0.15) is 0 Å². The second-order valence-corrected chi connectivity index (χ2v) is 11.4. The van der Waals surface area contributed by atoms with E-state index in [0.29, 0.717) is 23.0 Å². The molecule has 2 aliphatic rings. The fourth-order valence-electron chi connectivity index (χ4n) is 4.56. The van der Waals surface area contributed by atoms with Crippen LogP contribution in [-0.4, -0.2) is 45.0 Å². The van der Waals surface area contributed by atoms with Crippen molar-refractivity contribution in [1.82, 2.24) is 10.2 Å². The summed E-state index contributed by atoms with van der Waals surface area (Å²) in [6, 6.07) is 21.0. The second kappa shape index (κ2) is 10.5. The van der Waals surface area contributed by atoms with Crippen LogP contribution in [0.1, 0.15) is 24.0 Å². The highest BCUT2D eigenvalue weighted by Crippen LogP contribution is 2.37. The fraction of sp³-hybridized carbons (Fsp3) is 0.296. The molecule has 0 saturated carbocycles. The third-order valence-corrected chi connectivity index (χ3v) is 8.57. The van der Waals surface area contributed by atoms with Gasteiger partial charge in [0.05, 0.1) is 17.1 Å². The maximum absolute atomic E-state index is 13.5. The molecule has 7 nitrogen and oxygen atoms in total. The molecule has 1 fully saturated rings. The van der Waals surface area contributed by atoms with Gasteiger partial charge < -0.3 is 10.1 Å². The molecule has 2 aliphatic heterocycles. The number of rotatable bonds is 7. The Labute approximate surface area is 216 Å². The van der Waals surface area contributed by atoms with E-state index in [1.54, 1.807) is 24.3 Å². The SMILES string of the molecule is O=C(NCc1ccc(CN2CCCC2)cc1)[C@@H]1CN(S(=O)(=O)c2ccc(Cl)cc2)c2ccccc2O1. The first kappa shape index (κ1) is 24.6. The Bertz CT molecular complexity index is 1320. The van der Waals surface area contributed by atoms with Crippen LogP contribution in [0.15, 0.2) is 77.7 Å². The molecular weight excluding hydrogens is 498 g/mol. The van der Waals surface area contributed by atoms with Gasteiger partial charge in [0, 0.05) is 18.1 Å². The van der Waals surface area contributed by atoms with Crippen LogP contribution in [-0.2, 0) is 27.9 Å². The summed E-state index contributed by atoms with van der Waals surface area (Å²) < 4.78 is 34.1. The Hall–Kier alpha value is -3.07. The van der Waals surface area contributed by atoms with Crippen LogP contribution in [0.5, 0.6) is 5.75 Å². The van der Waals surface area contributed by atoms with E-state index in [0.717, 1.165) is 25.2 Å². The number of fused-ring (bicyclic) bond motifs is 1. The van der Waals surface area contributed by atoms with Gasteiger partial charge in [-0.05, 0) is 73.5 Å². The van der Waals surface area contributed by atoms with E-state index < -0.39 is 16.1 Å². The zero-order chi connectivity index (χ0) is 25.1. The number of ether oxygens (including phenoxy) is 1. The minimum absolute atomic E-state index is 0.0942. The highest BCUT2D eigenvalue weighted by Gasteiger charge is 2.37. The Morgan fingerprint density at radius 2 is 1.61 bits per heavy atom. The molecule has 1 N–H and O–H groups in total. The molecule has 36 heavy (non-hydrogen) atoms. The van der Waals surface area contributed by atoms with Gasteiger partial charge in [0.2, 0.25) is 0 Å². The van der Waals surface area contributed by atoms with Gasteiger partial charge in [-0.1, -0.05) is 48.0 Å². The number of anilines is 1. The minimum atomic E-state index is -3.93. The lowest BCUT2D eigenvalue weighted by Crippen LogP contribution is -2.50. The molecule has 3 aromatic rings.